The van der Waals surface area contributed by atoms with Crippen molar-refractivity contribution >= 4 is 28.2 Å². The molecule has 1 saturated carbocycles. The lowest BCUT2D eigenvalue weighted by molar-refractivity contribution is -0.125. The van der Waals surface area contributed by atoms with Crippen molar-refractivity contribution in [3.63, 3.8) is 0 Å². The highest BCUT2D eigenvalue weighted by Crippen LogP contribution is 2.41. The first-order valence-electron chi connectivity index (χ1n) is 13.8. The van der Waals surface area contributed by atoms with Crippen LogP contribution < -0.4 is 19.3 Å². The highest BCUT2D eigenvalue weighted by Gasteiger charge is 2.31. The van der Waals surface area contributed by atoms with Crippen LogP contribution in [0.5, 0.6) is 11.5 Å². The molecule has 9 nitrogen and oxygen atoms in total. The van der Waals surface area contributed by atoms with Gasteiger partial charge < -0.3 is 24.0 Å². The van der Waals surface area contributed by atoms with Crippen LogP contribution in [-0.2, 0) is 9.53 Å². The van der Waals surface area contributed by atoms with Crippen molar-refractivity contribution in [3.8, 4) is 39.8 Å². The van der Waals surface area contributed by atoms with Gasteiger partial charge in [-0.1, -0.05) is 12.1 Å². The number of aromatic nitrogens is 2. The normalized spacial score (nSPS) is 15.1. The lowest BCUT2D eigenvalue weighted by Gasteiger charge is -2.27. The molecule has 0 atom stereocenters. The number of hydrogen-bond acceptors (Lipinski definition) is 8. The number of nitriles is 1. The van der Waals surface area contributed by atoms with Crippen LogP contribution >= 0.6 is 0 Å². The fourth-order valence-electron chi connectivity index (χ4n) is 5.59. The molecule has 41 heavy (non-hydrogen) atoms. The molecule has 1 amide bonds. The summed E-state index contributed by atoms with van der Waals surface area (Å²) >= 11 is 0. The Morgan fingerprint density at radius 2 is 1.78 bits per heavy atom. The molecule has 3 aromatic carbocycles. The van der Waals surface area contributed by atoms with Crippen LogP contribution in [0.1, 0.15) is 25.5 Å². The molecule has 2 fully saturated rings. The minimum Gasteiger partial charge on any atom is -0.496 e. The van der Waals surface area contributed by atoms with Crippen molar-refractivity contribution in [1.29, 1.82) is 5.26 Å². The molecule has 1 aliphatic carbocycles. The van der Waals surface area contributed by atoms with Crippen LogP contribution in [0.15, 0.2) is 54.6 Å². The molecule has 0 bridgehead atoms. The molecule has 208 valence electrons. The fourth-order valence-corrected chi connectivity index (χ4v) is 5.59. The monoisotopic (exact) mass is 549 g/mol. The average Bonchev–Trinajstić information content (AvgIpc) is 3.86. The van der Waals surface area contributed by atoms with E-state index in [4.69, 9.17) is 14.2 Å². The molecule has 1 aliphatic heterocycles. The number of rotatable bonds is 8. The molecule has 9 heteroatoms. The summed E-state index contributed by atoms with van der Waals surface area (Å²) in [5.41, 5.74) is 6.36. The van der Waals surface area contributed by atoms with Gasteiger partial charge in [0.2, 0.25) is 0 Å². The number of benzene rings is 3. The van der Waals surface area contributed by atoms with Crippen LogP contribution in [0.25, 0.3) is 33.2 Å². The van der Waals surface area contributed by atoms with Crippen molar-refractivity contribution < 1.29 is 19.0 Å². The van der Waals surface area contributed by atoms with E-state index in [1.54, 1.807) is 19.1 Å². The van der Waals surface area contributed by atoms with Crippen LogP contribution in [0.2, 0.25) is 0 Å². The minimum absolute atomic E-state index is 0.0681. The first-order valence-corrected chi connectivity index (χ1v) is 13.8. The number of carbonyl (C=O) groups is 1. The Kier molecular flexibility index (Phi) is 7.16. The number of ether oxygens (including phenoxy) is 3. The summed E-state index contributed by atoms with van der Waals surface area (Å²) in [4.78, 5) is 16.4. The SMILES string of the molecule is CCN(c1c(C#N)nnc2cc(-c3cc(-c4ccc(N5CCOCC5=O)cc4OC)ccc3OC)ccc12)C1CC1. The zero-order valence-electron chi connectivity index (χ0n) is 23.4. The van der Waals surface area contributed by atoms with E-state index in [1.165, 1.54) is 0 Å². The summed E-state index contributed by atoms with van der Waals surface area (Å²) < 4.78 is 16.8. The van der Waals surface area contributed by atoms with Gasteiger partial charge in [-0.15, -0.1) is 10.2 Å². The van der Waals surface area contributed by atoms with E-state index in [-0.39, 0.29) is 12.5 Å². The standard InChI is InChI=1S/C32H31N5O4/c1-4-36(22-7-8-22)32-25-10-5-21(16-27(25)34-35-28(32)18-33)26-15-20(6-12-29(26)39-2)24-11-9-23(17-30(24)40-3)37-13-14-41-19-31(37)38/h5-6,9-12,15-17,22H,4,7-8,13-14,19H2,1-3H3. The molecule has 6 rings (SSSR count). The van der Waals surface area contributed by atoms with E-state index >= 15 is 0 Å². The van der Waals surface area contributed by atoms with Gasteiger partial charge in [0.25, 0.3) is 5.91 Å². The topological polar surface area (TPSA) is 101 Å². The highest BCUT2D eigenvalue weighted by molar-refractivity contribution is 5.97. The Bertz CT molecular complexity index is 1680. The van der Waals surface area contributed by atoms with Crippen molar-refractivity contribution in [1.82, 2.24) is 10.2 Å². The lowest BCUT2D eigenvalue weighted by atomic mass is 9.96. The third-order valence-electron chi connectivity index (χ3n) is 7.76. The van der Waals surface area contributed by atoms with Crippen LogP contribution in [0.3, 0.4) is 0 Å². The first-order chi connectivity index (χ1) is 20.1. The Balaban J connectivity index is 1.42. The lowest BCUT2D eigenvalue weighted by Crippen LogP contribution is -2.41. The summed E-state index contributed by atoms with van der Waals surface area (Å²) in [5.74, 6) is 1.31. The van der Waals surface area contributed by atoms with Crippen molar-refractivity contribution in [2.45, 2.75) is 25.8 Å². The summed E-state index contributed by atoms with van der Waals surface area (Å²) in [6, 6.07) is 20.6. The maximum absolute atomic E-state index is 12.4. The molecule has 2 heterocycles. The van der Waals surface area contributed by atoms with Crippen molar-refractivity contribution in [2.75, 3.05) is 50.3 Å². The molecule has 2 aliphatic rings. The van der Waals surface area contributed by atoms with Gasteiger partial charge in [-0.3, -0.25) is 4.79 Å². The Hall–Kier alpha value is -4.68. The van der Waals surface area contributed by atoms with E-state index in [9.17, 15) is 10.1 Å². The van der Waals surface area contributed by atoms with Crippen LogP contribution in [0, 0.1) is 11.3 Å². The van der Waals surface area contributed by atoms with E-state index in [2.05, 4.69) is 34.2 Å². The van der Waals surface area contributed by atoms with Crippen molar-refractivity contribution in [3.05, 3.63) is 60.3 Å². The van der Waals surface area contributed by atoms with Crippen molar-refractivity contribution in [2.24, 2.45) is 0 Å². The number of amides is 1. The number of fused-ring (bicyclic) bond motifs is 1. The second-order valence-corrected chi connectivity index (χ2v) is 10.2. The largest absolute Gasteiger partial charge is 0.496 e. The number of anilines is 2. The van der Waals surface area contributed by atoms with E-state index in [1.807, 2.05) is 48.5 Å². The molecule has 0 N–H and O–H groups in total. The predicted octanol–water partition coefficient (Wildman–Crippen LogP) is 5.20. The first kappa shape index (κ1) is 26.5. The van der Waals surface area contributed by atoms with Gasteiger partial charge in [-0.2, -0.15) is 5.26 Å². The predicted molar refractivity (Wildman–Crippen MR) is 157 cm³/mol. The summed E-state index contributed by atoms with van der Waals surface area (Å²) in [6.07, 6.45) is 2.25. The minimum atomic E-state index is -0.0681. The zero-order chi connectivity index (χ0) is 28.5. The number of morpholine rings is 1. The summed E-state index contributed by atoms with van der Waals surface area (Å²) in [7, 11) is 3.28. The fraction of sp³-hybridized carbons (Fsp3) is 0.312. The Morgan fingerprint density at radius 1 is 1.00 bits per heavy atom. The Morgan fingerprint density at radius 3 is 2.49 bits per heavy atom. The number of nitrogens with zero attached hydrogens (tertiary/aromatic N) is 5. The number of carbonyl (C=O) groups excluding carboxylic acids is 1. The van der Waals surface area contributed by atoms with E-state index in [0.717, 1.165) is 69.7 Å². The quantitative estimate of drug-likeness (QED) is 0.296. The third-order valence-corrected chi connectivity index (χ3v) is 7.76. The van der Waals surface area contributed by atoms with Crippen LogP contribution in [-0.4, -0.2) is 62.7 Å². The molecular formula is C32H31N5O4. The van der Waals surface area contributed by atoms with E-state index in [0.29, 0.717) is 30.6 Å². The maximum Gasteiger partial charge on any atom is 0.253 e. The maximum atomic E-state index is 12.4. The number of methoxy groups -OCH3 is 2. The number of hydrogen-bond donors (Lipinski definition) is 0. The third kappa shape index (κ3) is 4.92. The molecule has 0 unspecified atom stereocenters. The van der Waals surface area contributed by atoms with Gasteiger partial charge >= 0.3 is 0 Å². The van der Waals surface area contributed by atoms with Gasteiger partial charge in [0.05, 0.1) is 32.0 Å². The molecular weight excluding hydrogens is 518 g/mol. The summed E-state index contributed by atoms with van der Waals surface area (Å²) in [6.45, 7) is 4.00. The zero-order valence-corrected chi connectivity index (χ0v) is 23.4. The van der Waals surface area contributed by atoms with E-state index < -0.39 is 0 Å². The summed E-state index contributed by atoms with van der Waals surface area (Å²) in [5, 5.41) is 19.4. The van der Waals surface area contributed by atoms with Gasteiger partial charge in [0.1, 0.15) is 24.2 Å². The second kappa shape index (κ2) is 11.1. The highest BCUT2D eigenvalue weighted by atomic mass is 16.5. The molecule has 0 radical (unpaired) electrons. The molecule has 0 spiro atoms. The van der Waals surface area contributed by atoms with Gasteiger partial charge in [-0.25, -0.2) is 0 Å². The molecule has 1 saturated heterocycles. The van der Waals surface area contributed by atoms with Gasteiger partial charge in [-0.05, 0) is 67.3 Å². The van der Waals surface area contributed by atoms with Gasteiger partial charge in [0.15, 0.2) is 5.69 Å². The average molecular weight is 550 g/mol. The second-order valence-electron chi connectivity index (χ2n) is 10.2. The van der Waals surface area contributed by atoms with Gasteiger partial charge in [0, 0.05) is 47.4 Å². The Labute approximate surface area is 238 Å². The van der Waals surface area contributed by atoms with Crippen LogP contribution in [0.4, 0.5) is 11.4 Å². The smallest absolute Gasteiger partial charge is 0.253 e. The molecule has 1 aromatic heterocycles. The molecule has 4 aromatic rings.